The van der Waals surface area contributed by atoms with Crippen molar-refractivity contribution in [2.75, 3.05) is 32.7 Å². The number of nitrogens with one attached hydrogen (secondary N) is 1. The van der Waals surface area contributed by atoms with Crippen LogP contribution in [0.3, 0.4) is 0 Å². The van der Waals surface area contributed by atoms with Crippen LogP contribution in [0.5, 0.6) is 0 Å². The molecular weight excluding hydrogens is 484 g/mol. The summed E-state index contributed by atoms with van der Waals surface area (Å²) in [6.07, 6.45) is 2.05. The van der Waals surface area contributed by atoms with Crippen LogP contribution in [0.1, 0.15) is 28.8 Å². The quantitative estimate of drug-likeness (QED) is 0.564. The van der Waals surface area contributed by atoms with Gasteiger partial charge in [-0.2, -0.15) is 4.31 Å². The molecule has 2 aliphatic heterocycles. The average molecular weight is 511 g/mol. The molecule has 0 aromatic heterocycles. The van der Waals surface area contributed by atoms with Crippen LogP contribution in [0, 0.1) is 0 Å². The molecule has 0 atom stereocenters. The Morgan fingerprint density at radius 3 is 2.51 bits per heavy atom. The van der Waals surface area contributed by atoms with Gasteiger partial charge in [0.2, 0.25) is 10.0 Å². The summed E-state index contributed by atoms with van der Waals surface area (Å²) < 4.78 is 28.0. The van der Waals surface area contributed by atoms with Crippen molar-refractivity contribution in [1.82, 2.24) is 14.5 Å². The summed E-state index contributed by atoms with van der Waals surface area (Å²) >= 11 is 6.04. The third-order valence-electron chi connectivity index (χ3n) is 6.48. The molecule has 0 unspecified atom stereocenters. The highest BCUT2D eigenvalue weighted by molar-refractivity contribution is 7.89. The number of sulfonamides is 1. The smallest absolute Gasteiger partial charge is 0.253 e. The number of carbonyl (C=O) groups excluding carboxylic acids is 1. The summed E-state index contributed by atoms with van der Waals surface area (Å²) in [5.74, 6) is 0.943. The van der Waals surface area contributed by atoms with E-state index in [4.69, 9.17) is 11.6 Å². The predicted octanol–water partition coefficient (Wildman–Crippen LogP) is 3.92. The number of fused-ring (bicyclic) bond motifs is 1. The van der Waals surface area contributed by atoms with Gasteiger partial charge in [0.1, 0.15) is 0 Å². The molecule has 7 nitrogen and oxygen atoms in total. The van der Waals surface area contributed by atoms with Crippen LogP contribution >= 0.6 is 11.6 Å². The van der Waals surface area contributed by atoms with E-state index in [0.717, 1.165) is 41.6 Å². The van der Waals surface area contributed by atoms with E-state index in [1.807, 2.05) is 36.4 Å². The lowest BCUT2D eigenvalue weighted by molar-refractivity contribution is 0.0698. The van der Waals surface area contributed by atoms with Crippen molar-refractivity contribution in [1.29, 1.82) is 0 Å². The minimum absolute atomic E-state index is 0.0790. The fourth-order valence-corrected chi connectivity index (χ4v) is 6.16. The van der Waals surface area contributed by atoms with Crippen molar-refractivity contribution in [3.05, 3.63) is 76.8 Å². The van der Waals surface area contributed by atoms with E-state index in [2.05, 4.69) is 10.3 Å². The fraction of sp³-hybridized carbons (Fsp3) is 0.308. The summed E-state index contributed by atoms with van der Waals surface area (Å²) in [5.41, 5.74) is 1.63. The monoisotopic (exact) mass is 510 g/mol. The topological polar surface area (TPSA) is 82.1 Å². The van der Waals surface area contributed by atoms with Gasteiger partial charge in [-0.05, 0) is 59.2 Å². The van der Waals surface area contributed by atoms with E-state index >= 15 is 0 Å². The molecule has 0 bridgehead atoms. The SMILES string of the molecule is O=C(c1cccc(CNC2=NCCC2)c1)N1CCN(S(=O)(=O)c2ccc3cc(Cl)ccc3c2)CC1. The van der Waals surface area contributed by atoms with Crippen LogP contribution in [0.15, 0.2) is 70.6 Å². The summed E-state index contributed by atoms with van der Waals surface area (Å²) in [4.78, 5) is 19.5. The van der Waals surface area contributed by atoms with Crippen LogP contribution in [0.4, 0.5) is 0 Å². The molecule has 1 saturated heterocycles. The molecule has 0 saturated carbocycles. The Labute approximate surface area is 210 Å². The van der Waals surface area contributed by atoms with E-state index in [0.29, 0.717) is 30.2 Å². The zero-order chi connectivity index (χ0) is 24.4. The largest absolute Gasteiger partial charge is 0.370 e. The molecule has 35 heavy (non-hydrogen) atoms. The number of benzene rings is 3. The second-order valence-electron chi connectivity index (χ2n) is 8.84. The van der Waals surface area contributed by atoms with E-state index < -0.39 is 10.0 Å². The van der Waals surface area contributed by atoms with Crippen molar-refractivity contribution < 1.29 is 13.2 Å². The van der Waals surface area contributed by atoms with Crippen molar-refractivity contribution in [2.24, 2.45) is 4.99 Å². The number of aliphatic imine (C=N–C) groups is 1. The molecule has 0 aliphatic carbocycles. The number of hydrogen-bond acceptors (Lipinski definition) is 5. The van der Waals surface area contributed by atoms with Gasteiger partial charge in [0, 0.05) is 56.3 Å². The number of rotatable bonds is 5. The Morgan fingerprint density at radius 2 is 1.74 bits per heavy atom. The van der Waals surface area contributed by atoms with Gasteiger partial charge in [0.15, 0.2) is 0 Å². The minimum Gasteiger partial charge on any atom is -0.370 e. The lowest BCUT2D eigenvalue weighted by Crippen LogP contribution is -2.50. The maximum Gasteiger partial charge on any atom is 0.253 e. The third-order valence-corrected chi connectivity index (χ3v) is 8.61. The second-order valence-corrected chi connectivity index (χ2v) is 11.2. The highest BCUT2D eigenvalue weighted by Crippen LogP contribution is 2.25. The van der Waals surface area contributed by atoms with Gasteiger partial charge < -0.3 is 10.2 Å². The molecule has 0 spiro atoms. The van der Waals surface area contributed by atoms with E-state index in [-0.39, 0.29) is 23.9 Å². The molecule has 2 aliphatic rings. The van der Waals surface area contributed by atoms with Crippen molar-refractivity contribution in [2.45, 2.75) is 24.3 Å². The Morgan fingerprint density at radius 1 is 0.971 bits per heavy atom. The number of halogens is 1. The predicted molar refractivity (Wildman–Crippen MR) is 138 cm³/mol. The van der Waals surface area contributed by atoms with Crippen LogP contribution in [-0.2, 0) is 16.6 Å². The normalized spacial score (nSPS) is 16.9. The molecule has 9 heteroatoms. The summed E-state index contributed by atoms with van der Waals surface area (Å²) in [7, 11) is -3.66. The highest BCUT2D eigenvalue weighted by Gasteiger charge is 2.30. The van der Waals surface area contributed by atoms with Crippen LogP contribution in [0.2, 0.25) is 5.02 Å². The first-order valence-electron chi connectivity index (χ1n) is 11.7. The Balaban J connectivity index is 1.23. The van der Waals surface area contributed by atoms with Crippen molar-refractivity contribution in [3.63, 3.8) is 0 Å². The van der Waals surface area contributed by atoms with Gasteiger partial charge in [-0.3, -0.25) is 9.79 Å². The first-order chi connectivity index (χ1) is 16.9. The zero-order valence-corrected chi connectivity index (χ0v) is 20.9. The van der Waals surface area contributed by atoms with Gasteiger partial charge in [-0.25, -0.2) is 8.42 Å². The number of nitrogens with zero attached hydrogens (tertiary/aromatic N) is 3. The van der Waals surface area contributed by atoms with Crippen LogP contribution in [-0.4, -0.2) is 62.1 Å². The van der Waals surface area contributed by atoms with Gasteiger partial charge >= 0.3 is 0 Å². The number of carbonyl (C=O) groups is 1. The zero-order valence-electron chi connectivity index (χ0n) is 19.3. The van der Waals surface area contributed by atoms with Gasteiger partial charge in [-0.1, -0.05) is 35.9 Å². The van der Waals surface area contributed by atoms with E-state index in [9.17, 15) is 13.2 Å². The Bertz CT molecular complexity index is 1400. The van der Waals surface area contributed by atoms with Gasteiger partial charge in [0.25, 0.3) is 5.91 Å². The number of amidine groups is 1. The Kier molecular flexibility index (Phi) is 6.77. The maximum atomic E-state index is 13.2. The van der Waals surface area contributed by atoms with E-state index in [1.54, 1.807) is 29.2 Å². The lowest BCUT2D eigenvalue weighted by Gasteiger charge is -2.34. The molecule has 0 radical (unpaired) electrons. The molecule has 1 amide bonds. The first-order valence-corrected chi connectivity index (χ1v) is 13.6. The number of piperazine rings is 1. The van der Waals surface area contributed by atoms with Gasteiger partial charge in [0.05, 0.1) is 10.7 Å². The number of hydrogen-bond donors (Lipinski definition) is 1. The molecule has 5 rings (SSSR count). The third kappa shape index (κ3) is 5.19. The minimum atomic E-state index is -3.66. The molecule has 2 heterocycles. The number of amides is 1. The molecule has 3 aromatic carbocycles. The summed E-state index contributed by atoms with van der Waals surface area (Å²) in [6.45, 7) is 2.71. The van der Waals surface area contributed by atoms with E-state index in [1.165, 1.54) is 4.31 Å². The average Bonchev–Trinajstić information content (AvgIpc) is 3.41. The molecule has 182 valence electrons. The maximum absolute atomic E-state index is 13.2. The first kappa shape index (κ1) is 23.8. The fourth-order valence-electron chi connectivity index (χ4n) is 4.52. The highest BCUT2D eigenvalue weighted by atomic mass is 35.5. The molecule has 1 fully saturated rings. The lowest BCUT2D eigenvalue weighted by atomic mass is 10.1. The van der Waals surface area contributed by atoms with Crippen LogP contribution < -0.4 is 5.32 Å². The van der Waals surface area contributed by atoms with Crippen LogP contribution in [0.25, 0.3) is 10.8 Å². The summed E-state index contributed by atoms with van der Waals surface area (Å²) in [6, 6.07) is 18.0. The van der Waals surface area contributed by atoms with Crippen molar-refractivity contribution in [3.8, 4) is 0 Å². The molecule has 3 aromatic rings. The molecular formula is C26H27ClN4O3S. The van der Waals surface area contributed by atoms with Crippen molar-refractivity contribution >= 4 is 44.1 Å². The second kappa shape index (κ2) is 9.97. The Hall–Kier alpha value is -2.94. The van der Waals surface area contributed by atoms with Gasteiger partial charge in [-0.15, -0.1) is 0 Å². The summed E-state index contributed by atoms with van der Waals surface area (Å²) in [5, 5.41) is 5.66. The molecule has 1 N–H and O–H groups in total. The standard InChI is InChI=1S/C26H27ClN4O3S/c27-23-8-6-21-17-24(9-7-20(21)16-23)35(33,34)31-13-11-30(12-14-31)26(32)22-4-1-3-19(15-22)18-29-25-5-2-10-28-25/h1,3-4,6-9,15-17H,2,5,10-14,18H2,(H,28,29).